The molecule has 2 heterocycles. The minimum Gasteiger partial charge on any atom is -0.462 e. The van der Waals surface area contributed by atoms with Crippen molar-refractivity contribution in [2.45, 2.75) is 103 Å². The molecule has 33 heavy (non-hydrogen) atoms. The van der Waals surface area contributed by atoms with Crippen molar-refractivity contribution in [3.63, 3.8) is 0 Å². The molecule has 4 N–H and O–H groups in total. The molecule has 0 bridgehead atoms. The molecule has 2 fully saturated rings. The number of aliphatic hydroxyl groups is 4. The first-order chi connectivity index (χ1) is 15.2. The van der Waals surface area contributed by atoms with Crippen LogP contribution in [0, 0.1) is 23.7 Å². The van der Waals surface area contributed by atoms with Crippen molar-refractivity contribution in [2.24, 2.45) is 23.7 Å². The predicted octanol–water partition coefficient (Wildman–Crippen LogP) is 1.11. The monoisotopic (exact) mass is 475 g/mol. The van der Waals surface area contributed by atoms with Gasteiger partial charge in [0.05, 0.1) is 30.3 Å². The van der Waals surface area contributed by atoms with E-state index in [1.807, 2.05) is 20.8 Å². The number of ether oxygens (including phenoxy) is 3. The predicted molar refractivity (Wildman–Crippen MR) is 122 cm³/mol. The van der Waals surface area contributed by atoms with E-state index in [1.54, 1.807) is 25.8 Å². The van der Waals surface area contributed by atoms with Crippen molar-refractivity contribution >= 4 is 5.97 Å². The van der Waals surface area contributed by atoms with Gasteiger partial charge in [-0.2, -0.15) is 0 Å². The van der Waals surface area contributed by atoms with Crippen LogP contribution in [0.3, 0.4) is 0 Å². The number of nitrogens with zero attached hydrogens (tertiary/aromatic N) is 1. The van der Waals surface area contributed by atoms with E-state index in [0.29, 0.717) is 25.8 Å². The maximum atomic E-state index is 12.9. The quantitative estimate of drug-likeness (QED) is 0.434. The lowest BCUT2D eigenvalue weighted by molar-refractivity contribution is -0.261. The molecule has 0 aromatic carbocycles. The highest BCUT2D eigenvalue weighted by molar-refractivity contribution is 5.72. The number of hydrogen-bond acceptors (Lipinski definition) is 9. The van der Waals surface area contributed by atoms with Gasteiger partial charge in [0.25, 0.3) is 0 Å². The van der Waals surface area contributed by atoms with Crippen LogP contribution < -0.4 is 0 Å². The maximum absolute atomic E-state index is 12.9. The van der Waals surface area contributed by atoms with Gasteiger partial charge < -0.3 is 34.6 Å². The van der Waals surface area contributed by atoms with Gasteiger partial charge in [0.2, 0.25) is 0 Å². The van der Waals surface area contributed by atoms with Crippen LogP contribution in [-0.2, 0) is 19.0 Å². The Morgan fingerprint density at radius 2 is 1.67 bits per heavy atom. The van der Waals surface area contributed by atoms with Crippen LogP contribution in [0.4, 0.5) is 0 Å². The van der Waals surface area contributed by atoms with E-state index in [0.717, 1.165) is 0 Å². The van der Waals surface area contributed by atoms with Gasteiger partial charge in [-0.3, -0.25) is 9.69 Å². The number of esters is 1. The third-order valence-electron chi connectivity index (χ3n) is 7.13. The third kappa shape index (κ3) is 7.59. The molecule has 9 nitrogen and oxygen atoms in total. The molecule has 0 aromatic rings. The minimum absolute atomic E-state index is 0.0187. The van der Waals surface area contributed by atoms with E-state index in [9.17, 15) is 25.2 Å². The van der Waals surface area contributed by atoms with Crippen LogP contribution in [0.1, 0.15) is 60.8 Å². The zero-order valence-corrected chi connectivity index (χ0v) is 21.2. The third-order valence-corrected chi connectivity index (χ3v) is 7.13. The van der Waals surface area contributed by atoms with E-state index in [-0.39, 0.29) is 24.4 Å². The molecule has 2 rings (SSSR count). The molecule has 0 aromatic heterocycles. The second-order valence-corrected chi connectivity index (χ2v) is 10.8. The lowest BCUT2D eigenvalue weighted by Crippen LogP contribution is -2.54. The van der Waals surface area contributed by atoms with Gasteiger partial charge in [0.15, 0.2) is 6.29 Å². The summed E-state index contributed by atoms with van der Waals surface area (Å²) >= 11 is 0. The average molecular weight is 476 g/mol. The topological polar surface area (TPSA) is 129 Å². The van der Waals surface area contributed by atoms with Crippen LogP contribution in [0.5, 0.6) is 0 Å². The number of cyclic esters (lactones) is 1. The van der Waals surface area contributed by atoms with E-state index < -0.39 is 54.4 Å². The number of rotatable bonds is 2. The highest BCUT2D eigenvalue weighted by atomic mass is 16.7. The lowest BCUT2D eigenvalue weighted by atomic mass is 9.86. The molecule has 11 atom stereocenters. The molecule has 2 aliphatic rings. The zero-order chi connectivity index (χ0) is 25.1. The van der Waals surface area contributed by atoms with Crippen molar-refractivity contribution < 1.29 is 39.4 Å². The number of hydrogen-bond donors (Lipinski definition) is 4. The van der Waals surface area contributed by atoms with Gasteiger partial charge >= 0.3 is 5.97 Å². The largest absolute Gasteiger partial charge is 0.462 e. The van der Waals surface area contributed by atoms with Gasteiger partial charge in [-0.05, 0) is 58.4 Å². The summed E-state index contributed by atoms with van der Waals surface area (Å²) in [4.78, 5) is 14.5. The average Bonchev–Trinajstić information content (AvgIpc) is 2.71. The number of carbonyl (C=O) groups is 1. The zero-order valence-electron chi connectivity index (χ0n) is 21.2. The van der Waals surface area contributed by atoms with Crippen LogP contribution in [-0.4, -0.2) is 94.0 Å². The molecule has 194 valence electrons. The molecule has 0 amide bonds. The lowest BCUT2D eigenvalue weighted by Gasteiger charge is -2.40. The first kappa shape index (κ1) is 28.4. The van der Waals surface area contributed by atoms with E-state index in [2.05, 4.69) is 0 Å². The molecule has 2 aliphatic heterocycles. The van der Waals surface area contributed by atoms with E-state index >= 15 is 0 Å². The highest BCUT2D eigenvalue weighted by Gasteiger charge is 2.41. The molecular formula is C24H45NO8. The molecule has 5 unspecified atom stereocenters. The summed E-state index contributed by atoms with van der Waals surface area (Å²) in [5.74, 6) is -1.38. The summed E-state index contributed by atoms with van der Waals surface area (Å²) in [5, 5.41) is 42.3. The Morgan fingerprint density at radius 1 is 1.03 bits per heavy atom. The fraction of sp³-hybridized carbons (Fsp3) is 0.958. The van der Waals surface area contributed by atoms with Crippen LogP contribution in [0.15, 0.2) is 0 Å². The Bertz CT molecular complexity index is 620. The van der Waals surface area contributed by atoms with Crippen molar-refractivity contribution in [1.82, 2.24) is 4.90 Å². The highest BCUT2D eigenvalue weighted by Crippen LogP contribution is 2.32. The normalized spacial score (nSPS) is 47.5. The van der Waals surface area contributed by atoms with Gasteiger partial charge in [0.1, 0.15) is 18.4 Å². The molecule has 0 radical (unpaired) electrons. The smallest absolute Gasteiger partial charge is 0.311 e. The molecular weight excluding hydrogens is 430 g/mol. The summed E-state index contributed by atoms with van der Waals surface area (Å²) < 4.78 is 17.5. The van der Waals surface area contributed by atoms with Gasteiger partial charge in [-0.25, -0.2) is 0 Å². The minimum atomic E-state index is -1.66. The summed E-state index contributed by atoms with van der Waals surface area (Å²) in [6.45, 7) is 10.9. The van der Waals surface area contributed by atoms with Crippen molar-refractivity contribution in [3.8, 4) is 0 Å². The van der Waals surface area contributed by atoms with Crippen molar-refractivity contribution in [2.75, 3.05) is 20.2 Å². The number of carbonyl (C=O) groups excluding carboxylic acids is 1. The summed E-state index contributed by atoms with van der Waals surface area (Å²) in [6.07, 6.45) is -2.59. The van der Waals surface area contributed by atoms with Crippen molar-refractivity contribution in [3.05, 3.63) is 0 Å². The van der Waals surface area contributed by atoms with Gasteiger partial charge in [-0.1, -0.05) is 20.8 Å². The standard InChI is InChI=1S/C24H45NO8/c1-13-8-18(26)9-15(3)21(33-19-10-14(2)20(27)17(5)32-19)16(4)22(28)31-12-24(6,30)23(29)25(7)11-13/h13-21,23,26-27,29-30H,8-12H2,1-7H3/t13-,14?,15-,16?,17?,18?,19+,20-,21+,23?,24-/m1/s1. The molecule has 0 aliphatic carbocycles. The Kier molecular flexibility index (Phi) is 10.1. The Balaban J connectivity index is 2.24. The first-order valence-corrected chi connectivity index (χ1v) is 12.2. The maximum Gasteiger partial charge on any atom is 0.311 e. The summed E-state index contributed by atoms with van der Waals surface area (Å²) in [6, 6.07) is 0. The fourth-order valence-corrected chi connectivity index (χ4v) is 5.11. The molecule has 2 saturated heterocycles. The van der Waals surface area contributed by atoms with Crippen molar-refractivity contribution in [1.29, 1.82) is 0 Å². The Labute approximate surface area is 198 Å². The molecule has 0 spiro atoms. The van der Waals surface area contributed by atoms with Gasteiger partial charge in [0, 0.05) is 13.0 Å². The number of aliphatic hydroxyl groups excluding tert-OH is 3. The SMILES string of the molecule is CC1C[C@H](O[C@@H]2C(C)C(=O)OC[C@@](C)(O)C(O)N(C)C[C@H](C)CC(O)C[C@H]2C)OC(C)[C@@H]1O. The van der Waals surface area contributed by atoms with Crippen LogP contribution in [0.2, 0.25) is 0 Å². The van der Waals surface area contributed by atoms with E-state index in [1.165, 1.54) is 6.92 Å². The van der Waals surface area contributed by atoms with Gasteiger partial charge in [-0.15, -0.1) is 0 Å². The number of likely N-dealkylation sites (N-methyl/N-ethyl adjacent to an activating group) is 1. The van der Waals surface area contributed by atoms with E-state index in [4.69, 9.17) is 14.2 Å². The molecule has 0 saturated carbocycles. The molecule has 9 heteroatoms. The second kappa shape index (κ2) is 11.7. The Hall–Kier alpha value is -0.810. The van der Waals surface area contributed by atoms with Crippen LogP contribution >= 0.6 is 0 Å². The second-order valence-electron chi connectivity index (χ2n) is 10.8. The first-order valence-electron chi connectivity index (χ1n) is 12.2. The summed E-state index contributed by atoms with van der Waals surface area (Å²) in [7, 11) is 1.69. The fourth-order valence-electron chi connectivity index (χ4n) is 5.11. The Morgan fingerprint density at radius 3 is 2.27 bits per heavy atom. The summed E-state index contributed by atoms with van der Waals surface area (Å²) in [5.41, 5.74) is -1.66. The van der Waals surface area contributed by atoms with Crippen LogP contribution in [0.25, 0.3) is 0 Å².